The summed E-state index contributed by atoms with van der Waals surface area (Å²) >= 11 is 0. The van der Waals surface area contributed by atoms with E-state index in [1.807, 2.05) is 0 Å². The molecule has 0 atom stereocenters. The molecular weight excluding hydrogens is 178 g/mol. The van der Waals surface area contributed by atoms with Gasteiger partial charge in [0.2, 0.25) is 0 Å². The van der Waals surface area contributed by atoms with Crippen molar-refractivity contribution in [1.82, 2.24) is 5.32 Å². The maximum Gasteiger partial charge on any atom is 0.251 e. The fourth-order valence-electron chi connectivity index (χ4n) is 0.976. The lowest BCUT2D eigenvalue weighted by molar-refractivity contribution is 0.0945. The zero-order valence-corrected chi connectivity index (χ0v) is 7.58. The minimum absolute atomic E-state index is 0.0713. The molecule has 1 amide bonds. The van der Waals surface area contributed by atoms with Gasteiger partial charge in [0.05, 0.1) is 6.61 Å². The van der Waals surface area contributed by atoms with Gasteiger partial charge in [-0.05, 0) is 30.7 Å². The molecule has 0 saturated carbocycles. The number of benzene rings is 1. The highest BCUT2D eigenvalue weighted by molar-refractivity contribution is 5.94. The Morgan fingerprint density at radius 3 is 2.57 bits per heavy atom. The quantitative estimate of drug-likeness (QED) is 0.672. The first-order valence-corrected chi connectivity index (χ1v) is 4.20. The van der Waals surface area contributed by atoms with Crippen LogP contribution >= 0.6 is 0 Å². The number of aliphatic hydroxyl groups excluding tert-OH is 1. The van der Waals surface area contributed by atoms with Crippen LogP contribution in [0.25, 0.3) is 0 Å². The van der Waals surface area contributed by atoms with Crippen molar-refractivity contribution < 1.29 is 9.90 Å². The molecule has 3 nitrogen and oxygen atoms in total. The summed E-state index contributed by atoms with van der Waals surface area (Å²) in [5, 5.41) is 11.0. The van der Waals surface area contributed by atoms with Crippen molar-refractivity contribution >= 4 is 5.91 Å². The Morgan fingerprint density at radius 1 is 1.43 bits per heavy atom. The van der Waals surface area contributed by atoms with Gasteiger partial charge in [0.1, 0.15) is 0 Å². The van der Waals surface area contributed by atoms with Gasteiger partial charge in [0, 0.05) is 17.7 Å². The summed E-state index contributed by atoms with van der Waals surface area (Å²) in [4.78, 5) is 11.3. The number of rotatable bonds is 3. The van der Waals surface area contributed by atoms with Crippen LogP contribution in [0.4, 0.5) is 0 Å². The van der Waals surface area contributed by atoms with E-state index in [-0.39, 0.29) is 19.1 Å². The van der Waals surface area contributed by atoms with Gasteiger partial charge in [0.25, 0.3) is 5.91 Å². The Bertz CT molecular complexity index is 349. The van der Waals surface area contributed by atoms with Crippen LogP contribution in [0.2, 0.25) is 0 Å². The molecule has 0 aliphatic heterocycles. The average molecular weight is 188 g/mol. The Morgan fingerprint density at radius 2 is 2.07 bits per heavy atom. The van der Waals surface area contributed by atoms with E-state index >= 15 is 0 Å². The minimum atomic E-state index is -0.226. The Balaban J connectivity index is 2.68. The van der Waals surface area contributed by atoms with Gasteiger partial charge in [-0.3, -0.25) is 4.79 Å². The number of hydrogen-bond acceptors (Lipinski definition) is 2. The van der Waals surface area contributed by atoms with Crippen LogP contribution in [0, 0.1) is 12.3 Å². The normalized spacial score (nSPS) is 9.14. The molecule has 1 rings (SSSR count). The van der Waals surface area contributed by atoms with Crippen molar-refractivity contribution in [3.63, 3.8) is 0 Å². The van der Waals surface area contributed by atoms with Crippen molar-refractivity contribution in [2.24, 2.45) is 0 Å². The maximum absolute atomic E-state index is 11.3. The summed E-state index contributed by atoms with van der Waals surface area (Å²) in [5.41, 5.74) is 1.14. The van der Waals surface area contributed by atoms with Crippen LogP contribution in [0.5, 0.6) is 0 Å². The smallest absolute Gasteiger partial charge is 0.251 e. The van der Waals surface area contributed by atoms with Gasteiger partial charge >= 0.3 is 0 Å². The molecule has 0 unspecified atom stereocenters. The summed E-state index contributed by atoms with van der Waals surface area (Å²) in [7, 11) is 0. The molecule has 3 heteroatoms. The second kappa shape index (κ2) is 5.05. The molecule has 14 heavy (non-hydrogen) atoms. The molecule has 71 valence electrons. The summed E-state index contributed by atoms with van der Waals surface area (Å²) in [5.74, 6) is 1.99. The zero-order valence-electron chi connectivity index (χ0n) is 7.58. The van der Waals surface area contributed by atoms with E-state index in [1.54, 1.807) is 24.3 Å². The van der Waals surface area contributed by atoms with E-state index in [4.69, 9.17) is 11.5 Å². The van der Waals surface area contributed by atoms with Crippen molar-refractivity contribution in [1.29, 1.82) is 0 Å². The van der Waals surface area contributed by atoms with Crippen molar-refractivity contribution in [2.75, 3.05) is 13.2 Å². The molecule has 1 aromatic rings. The van der Waals surface area contributed by atoms with Gasteiger partial charge in [-0.25, -0.2) is 0 Å². The molecule has 0 bridgehead atoms. The van der Waals surface area contributed by atoms with Crippen molar-refractivity contribution in [2.45, 2.75) is 0 Å². The fraction of sp³-hybridized carbons (Fsp3) is 0.182. The largest absolute Gasteiger partial charge is 0.395 e. The van der Waals surface area contributed by atoms with E-state index in [9.17, 15) is 4.79 Å². The topological polar surface area (TPSA) is 49.3 Å². The van der Waals surface area contributed by atoms with Crippen LogP contribution in [0.15, 0.2) is 24.3 Å². The zero-order chi connectivity index (χ0) is 10.4. The van der Waals surface area contributed by atoms with Gasteiger partial charge in [0.15, 0.2) is 0 Å². The fourth-order valence-corrected chi connectivity index (χ4v) is 0.976. The molecule has 2 N–H and O–H groups in total. The molecule has 1 radical (unpaired) electrons. The molecular formula is C11H10NO2. The highest BCUT2D eigenvalue weighted by Crippen LogP contribution is 2.02. The van der Waals surface area contributed by atoms with Crippen LogP contribution in [0.1, 0.15) is 15.9 Å². The lowest BCUT2D eigenvalue weighted by Crippen LogP contribution is -2.26. The first kappa shape index (κ1) is 10.3. The van der Waals surface area contributed by atoms with E-state index in [0.29, 0.717) is 11.1 Å². The summed E-state index contributed by atoms with van der Waals surface area (Å²) in [6, 6.07) is 6.51. The van der Waals surface area contributed by atoms with Gasteiger partial charge in [-0.1, -0.05) is 5.92 Å². The van der Waals surface area contributed by atoms with Gasteiger partial charge < -0.3 is 10.4 Å². The molecule has 0 aliphatic rings. The first-order chi connectivity index (χ1) is 6.77. The third-order valence-electron chi connectivity index (χ3n) is 1.69. The lowest BCUT2D eigenvalue weighted by Gasteiger charge is -2.02. The Labute approximate surface area is 82.8 Å². The third kappa shape index (κ3) is 2.61. The second-order valence-electron chi connectivity index (χ2n) is 2.68. The number of carbonyl (C=O) groups is 1. The number of hydrogen-bond donors (Lipinski definition) is 2. The number of carbonyl (C=O) groups excluding carboxylic acids is 1. The van der Waals surface area contributed by atoms with Crippen molar-refractivity contribution in [3.05, 3.63) is 41.8 Å². The summed E-state index contributed by atoms with van der Waals surface area (Å²) < 4.78 is 0. The lowest BCUT2D eigenvalue weighted by atomic mass is 10.1. The Hall–Kier alpha value is -1.79. The van der Waals surface area contributed by atoms with E-state index in [1.165, 1.54) is 0 Å². The standard InChI is InChI=1S/C11H10NO2/c1-2-9-3-5-10(6-4-9)11(14)12-7-8-13/h3-6,13H,7-8H2,(H,12,14). The van der Waals surface area contributed by atoms with E-state index in [0.717, 1.165) is 0 Å². The third-order valence-corrected chi connectivity index (χ3v) is 1.69. The van der Waals surface area contributed by atoms with Crippen LogP contribution in [-0.2, 0) is 0 Å². The monoisotopic (exact) mass is 188 g/mol. The van der Waals surface area contributed by atoms with Gasteiger partial charge in [-0.15, -0.1) is 0 Å². The van der Waals surface area contributed by atoms with Crippen LogP contribution in [-0.4, -0.2) is 24.2 Å². The molecule has 0 aliphatic carbocycles. The number of aliphatic hydroxyl groups is 1. The number of nitrogens with one attached hydrogen (secondary N) is 1. The second-order valence-corrected chi connectivity index (χ2v) is 2.68. The summed E-state index contributed by atoms with van der Waals surface area (Å²) in [6.45, 7) is 0.176. The molecule has 0 fully saturated rings. The minimum Gasteiger partial charge on any atom is -0.395 e. The molecule has 0 saturated heterocycles. The first-order valence-electron chi connectivity index (χ1n) is 4.20. The van der Waals surface area contributed by atoms with E-state index in [2.05, 4.69) is 11.2 Å². The van der Waals surface area contributed by atoms with E-state index < -0.39 is 0 Å². The molecule has 0 heterocycles. The molecule has 0 spiro atoms. The van der Waals surface area contributed by atoms with Crippen LogP contribution < -0.4 is 5.32 Å². The average Bonchev–Trinajstić information content (AvgIpc) is 2.26. The molecule has 1 aromatic carbocycles. The number of amides is 1. The summed E-state index contributed by atoms with van der Waals surface area (Å²) in [6.07, 6.45) is 6.85. The Kier molecular flexibility index (Phi) is 3.71. The molecule has 0 aromatic heterocycles. The SMILES string of the molecule is [C]#Cc1ccc(C(=O)NCCO)cc1. The van der Waals surface area contributed by atoms with Crippen molar-refractivity contribution in [3.8, 4) is 5.92 Å². The predicted octanol–water partition coefficient (Wildman–Crippen LogP) is 0.347. The van der Waals surface area contributed by atoms with Gasteiger partial charge in [-0.2, -0.15) is 0 Å². The van der Waals surface area contributed by atoms with Crippen LogP contribution in [0.3, 0.4) is 0 Å². The maximum atomic E-state index is 11.3. The predicted molar refractivity (Wildman–Crippen MR) is 52.1 cm³/mol. The highest BCUT2D eigenvalue weighted by Gasteiger charge is 2.02. The highest BCUT2D eigenvalue weighted by atomic mass is 16.3.